The first-order valence-electron chi connectivity index (χ1n) is 8.28. The summed E-state index contributed by atoms with van der Waals surface area (Å²) in [7, 11) is 1.83. The van der Waals surface area contributed by atoms with E-state index in [1.807, 2.05) is 7.05 Å². The lowest BCUT2D eigenvalue weighted by Gasteiger charge is -2.35. The molecule has 0 spiro atoms. The molecule has 4 nitrogen and oxygen atoms in total. The van der Waals surface area contributed by atoms with Crippen molar-refractivity contribution in [2.75, 3.05) is 33.2 Å². The molecule has 2 atom stereocenters. The molecule has 1 aliphatic rings. The molecule has 6 heteroatoms. The molecular formula is C17H31IN4S. The van der Waals surface area contributed by atoms with Crippen LogP contribution in [0.4, 0.5) is 0 Å². The van der Waals surface area contributed by atoms with Gasteiger partial charge in [-0.15, -0.1) is 35.3 Å². The van der Waals surface area contributed by atoms with E-state index in [0.717, 1.165) is 37.4 Å². The fraction of sp³-hybridized carbons (Fsp3) is 0.706. The van der Waals surface area contributed by atoms with Gasteiger partial charge in [0.2, 0.25) is 0 Å². The fourth-order valence-electron chi connectivity index (χ4n) is 3.28. The monoisotopic (exact) mass is 450 g/mol. The van der Waals surface area contributed by atoms with E-state index < -0.39 is 0 Å². The quantitative estimate of drug-likeness (QED) is 0.411. The maximum atomic E-state index is 4.31. The third-order valence-electron chi connectivity index (χ3n) is 4.27. The number of nitrogens with zero attached hydrogens (tertiary/aromatic N) is 2. The van der Waals surface area contributed by atoms with E-state index in [2.05, 4.69) is 52.7 Å². The molecule has 1 saturated heterocycles. The third kappa shape index (κ3) is 6.97. The van der Waals surface area contributed by atoms with Gasteiger partial charge in [0.05, 0.1) is 6.54 Å². The zero-order chi connectivity index (χ0) is 15.9. The number of halogens is 1. The number of hydrogen-bond donors (Lipinski definition) is 2. The van der Waals surface area contributed by atoms with Crippen LogP contribution in [0.1, 0.15) is 30.7 Å². The van der Waals surface area contributed by atoms with Gasteiger partial charge in [-0.25, -0.2) is 0 Å². The highest BCUT2D eigenvalue weighted by atomic mass is 127. The van der Waals surface area contributed by atoms with E-state index in [9.17, 15) is 0 Å². The first-order chi connectivity index (χ1) is 10.6. The number of guanidine groups is 1. The van der Waals surface area contributed by atoms with Crippen LogP contribution in [0.15, 0.2) is 16.4 Å². The van der Waals surface area contributed by atoms with Crippen LogP contribution in [0.25, 0.3) is 0 Å². The van der Waals surface area contributed by atoms with Gasteiger partial charge >= 0.3 is 0 Å². The zero-order valence-corrected chi connectivity index (χ0v) is 17.9. The lowest BCUT2D eigenvalue weighted by atomic mass is 9.92. The van der Waals surface area contributed by atoms with Crippen molar-refractivity contribution in [1.82, 2.24) is 15.5 Å². The van der Waals surface area contributed by atoms with E-state index in [1.165, 1.54) is 30.0 Å². The highest BCUT2D eigenvalue weighted by Crippen LogP contribution is 2.20. The minimum atomic E-state index is 0. The van der Waals surface area contributed by atoms with Crippen molar-refractivity contribution in [2.24, 2.45) is 16.8 Å². The minimum absolute atomic E-state index is 0. The Balaban J connectivity index is 0.00000264. The Labute approximate surface area is 162 Å². The summed E-state index contributed by atoms with van der Waals surface area (Å²) in [4.78, 5) is 8.26. The van der Waals surface area contributed by atoms with Crippen molar-refractivity contribution in [3.63, 3.8) is 0 Å². The standard InChI is InChI=1S/C17H30N4S.HI/c1-13-9-14(2)12-21(11-13)7-6-19-17(18-4)20-10-16-15(3)5-8-22-16;/h5,8,13-14H,6-7,9-12H2,1-4H3,(H2,18,19,20);1H. The smallest absolute Gasteiger partial charge is 0.191 e. The van der Waals surface area contributed by atoms with Gasteiger partial charge < -0.3 is 15.5 Å². The third-order valence-corrected chi connectivity index (χ3v) is 5.30. The Morgan fingerprint density at radius 2 is 2.00 bits per heavy atom. The summed E-state index contributed by atoms with van der Waals surface area (Å²) in [5.41, 5.74) is 1.35. The van der Waals surface area contributed by atoms with Crippen molar-refractivity contribution in [3.8, 4) is 0 Å². The molecule has 1 aromatic rings. The van der Waals surface area contributed by atoms with Gasteiger partial charge in [0, 0.05) is 38.1 Å². The number of piperidine rings is 1. The summed E-state index contributed by atoms with van der Waals surface area (Å²) < 4.78 is 0. The summed E-state index contributed by atoms with van der Waals surface area (Å²) in [6.45, 7) is 12.2. The van der Waals surface area contributed by atoms with E-state index in [4.69, 9.17) is 0 Å². The van der Waals surface area contributed by atoms with Crippen molar-refractivity contribution < 1.29 is 0 Å². The van der Waals surface area contributed by atoms with E-state index >= 15 is 0 Å². The molecule has 0 bridgehead atoms. The number of aliphatic imine (C=N–C) groups is 1. The van der Waals surface area contributed by atoms with Crippen LogP contribution < -0.4 is 10.6 Å². The highest BCUT2D eigenvalue weighted by molar-refractivity contribution is 14.0. The van der Waals surface area contributed by atoms with Crippen LogP contribution in [0, 0.1) is 18.8 Å². The van der Waals surface area contributed by atoms with Crippen molar-refractivity contribution in [1.29, 1.82) is 0 Å². The number of nitrogens with one attached hydrogen (secondary N) is 2. The Bertz CT molecular complexity index is 479. The summed E-state index contributed by atoms with van der Waals surface area (Å²) >= 11 is 1.80. The van der Waals surface area contributed by atoms with Crippen molar-refractivity contribution in [3.05, 3.63) is 21.9 Å². The zero-order valence-electron chi connectivity index (χ0n) is 14.8. The van der Waals surface area contributed by atoms with Crippen LogP contribution in [-0.2, 0) is 6.54 Å². The van der Waals surface area contributed by atoms with Gasteiger partial charge in [0.25, 0.3) is 0 Å². The molecule has 2 rings (SSSR count). The van der Waals surface area contributed by atoms with Gasteiger partial charge in [-0.3, -0.25) is 4.99 Å². The maximum absolute atomic E-state index is 4.31. The molecule has 1 aromatic heterocycles. The normalized spacial score (nSPS) is 22.5. The van der Waals surface area contributed by atoms with Crippen molar-refractivity contribution in [2.45, 2.75) is 33.7 Å². The van der Waals surface area contributed by atoms with Gasteiger partial charge in [-0.2, -0.15) is 0 Å². The molecule has 132 valence electrons. The van der Waals surface area contributed by atoms with Crippen LogP contribution in [0.5, 0.6) is 0 Å². The second kappa shape index (κ2) is 10.5. The summed E-state index contributed by atoms with van der Waals surface area (Å²) in [6.07, 6.45) is 1.37. The summed E-state index contributed by atoms with van der Waals surface area (Å²) in [6, 6.07) is 2.16. The molecule has 0 saturated carbocycles. The number of hydrogen-bond acceptors (Lipinski definition) is 3. The lowest BCUT2D eigenvalue weighted by Crippen LogP contribution is -2.45. The Morgan fingerprint density at radius 1 is 1.30 bits per heavy atom. The number of aryl methyl sites for hydroxylation is 1. The Hall–Kier alpha value is -0.340. The molecule has 2 heterocycles. The van der Waals surface area contributed by atoms with Gasteiger partial charge in [0.15, 0.2) is 5.96 Å². The predicted octanol–water partition coefficient (Wildman–Crippen LogP) is 3.32. The molecule has 2 unspecified atom stereocenters. The lowest BCUT2D eigenvalue weighted by molar-refractivity contribution is 0.143. The second-order valence-corrected chi connectivity index (χ2v) is 7.59. The minimum Gasteiger partial charge on any atom is -0.355 e. The Morgan fingerprint density at radius 3 is 2.57 bits per heavy atom. The second-order valence-electron chi connectivity index (χ2n) is 6.58. The van der Waals surface area contributed by atoms with E-state index in [0.29, 0.717) is 0 Å². The first-order valence-corrected chi connectivity index (χ1v) is 9.16. The van der Waals surface area contributed by atoms with Crippen LogP contribution in [-0.4, -0.2) is 44.1 Å². The molecule has 23 heavy (non-hydrogen) atoms. The average molecular weight is 450 g/mol. The van der Waals surface area contributed by atoms with Crippen LogP contribution in [0.3, 0.4) is 0 Å². The van der Waals surface area contributed by atoms with Crippen molar-refractivity contribution >= 4 is 41.3 Å². The van der Waals surface area contributed by atoms with Gasteiger partial charge in [-0.05, 0) is 42.2 Å². The van der Waals surface area contributed by atoms with Crippen LogP contribution in [0.2, 0.25) is 0 Å². The van der Waals surface area contributed by atoms with Gasteiger partial charge in [-0.1, -0.05) is 13.8 Å². The number of thiophene rings is 1. The molecular weight excluding hydrogens is 419 g/mol. The number of likely N-dealkylation sites (tertiary alicyclic amines) is 1. The Kier molecular flexibility index (Phi) is 9.46. The summed E-state index contributed by atoms with van der Waals surface area (Å²) in [5, 5.41) is 8.97. The largest absolute Gasteiger partial charge is 0.355 e. The van der Waals surface area contributed by atoms with E-state index in [-0.39, 0.29) is 24.0 Å². The number of rotatable bonds is 5. The molecule has 1 aliphatic heterocycles. The molecule has 0 aromatic carbocycles. The molecule has 2 N–H and O–H groups in total. The maximum Gasteiger partial charge on any atom is 0.191 e. The highest BCUT2D eigenvalue weighted by Gasteiger charge is 2.21. The molecule has 0 aliphatic carbocycles. The van der Waals surface area contributed by atoms with Crippen LogP contribution >= 0.6 is 35.3 Å². The fourth-order valence-corrected chi connectivity index (χ4v) is 4.12. The first kappa shape index (κ1) is 20.7. The predicted molar refractivity (Wildman–Crippen MR) is 112 cm³/mol. The molecule has 0 radical (unpaired) electrons. The topological polar surface area (TPSA) is 39.7 Å². The average Bonchev–Trinajstić information content (AvgIpc) is 2.87. The van der Waals surface area contributed by atoms with E-state index in [1.54, 1.807) is 11.3 Å². The van der Waals surface area contributed by atoms with Gasteiger partial charge in [0.1, 0.15) is 0 Å². The molecule has 0 amide bonds. The summed E-state index contributed by atoms with van der Waals surface area (Å²) in [5.74, 6) is 2.54. The SMILES string of the molecule is CN=C(NCCN1CC(C)CC(C)C1)NCc1sccc1C.I. The molecule has 1 fully saturated rings.